The minimum absolute atomic E-state index is 0.157. The van der Waals surface area contributed by atoms with Crippen LogP contribution in [0.1, 0.15) is 18.9 Å². The van der Waals surface area contributed by atoms with Gasteiger partial charge in [0.15, 0.2) is 6.23 Å². The number of carbonyl (C=O) groups is 1. The number of nitrogens with one attached hydrogen (secondary N) is 1. The fraction of sp³-hybridized carbons (Fsp3) is 0.417. The van der Waals surface area contributed by atoms with Crippen molar-refractivity contribution in [3.63, 3.8) is 0 Å². The largest absolute Gasteiger partial charge is 0.445 e. The molecule has 1 aromatic carbocycles. The van der Waals surface area contributed by atoms with E-state index in [-0.39, 0.29) is 18.9 Å². The molecular formula is C12H15NO3. The van der Waals surface area contributed by atoms with E-state index in [2.05, 4.69) is 5.32 Å². The van der Waals surface area contributed by atoms with Gasteiger partial charge in [-0.25, -0.2) is 4.79 Å². The van der Waals surface area contributed by atoms with Crippen LogP contribution >= 0.6 is 0 Å². The number of ether oxygens (including phenoxy) is 2. The molecule has 0 radical (unpaired) electrons. The van der Waals surface area contributed by atoms with Crippen molar-refractivity contribution < 1.29 is 14.3 Å². The second-order valence-corrected chi connectivity index (χ2v) is 3.71. The lowest BCUT2D eigenvalue weighted by molar-refractivity contribution is 0.135. The highest BCUT2D eigenvalue weighted by Gasteiger charge is 2.38. The highest BCUT2D eigenvalue weighted by molar-refractivity contribution is 5.67. The van der Waals surface area contributed by atoms with Crippen molar-refractivity contribution in [1.82, 2.24) is 5.32 Å². The summed E-state index contributed by atoms with van der Waals surface area (Å²) in [5, 5.41) is 2.64. The minimum atomic E-state index is -0.426. The molecule has 2 rings (SSSR count). The van der Waals surface area contributed by atoms with Crippen LogP contribution in [0.3, 0.4) is 0 Å². The molecule has 4 heteroatoms. The molecule has 0 spiro atoms. The maximum atomic E-state index is 11.3. The number of hydrogen-bond acceptors (Lipinski definition) is 3. The molecule has 2 atom stereocenters. The fourth-order valence-corrected chi connectivity index (χ4v) is 1.46. The Kier molecular flexibility index (Phi) is 3.41. The van der Waals surface area contributed by atoms with E-state index in [4.69, 9.17) is 9.47 Å². The summed E-state index contributed by atoms with van der Waals surface area (Å²) in [5.41, 5.74) is 0.974. The number of amides is 1. The first-order valence-corrected chi connectivity index (χ1v) is 5.42. The van der Waals surface area contributed by atoms with Crippen LogP contribution in [0.25, 0.3) is 0 Å². The van der Waals surface area contributed by atoms with Crippen LogP contribution in [-0.2, 0) is 16.1 Å². The van der Waals surface area contributed by atoms with Crippen molar-refractivity contribution in [3.8, 4) is 0 Å². The highest BCUT2D eigenvalue weighted by Crippen LogP contribution is 2.22. The fourth-order valence-electron chi connectivity index (χ4n) is 1.46. The summed E-state index contributed by atoms with van der Waals surface area (Å²) in [4.78, 5) is 11.3. The van der Waals surface area contributed by atoms with Crippen LogP contribution < -0.4 is 5.32 Å². The summed E-state index contributed by atoms with van der Waals surface area (Å²) < 4.78 is 10.2. The molecule has 86 valence electrons. The van der Waals surface area contributed by atoms with Crippen LogP contribution in [0.15, 0.2) is 30.3 Å². The number of hydrogen-bond donors (Lipinski definition) is 1. The van der Waals surface area contributed by atoms with Crippen LogP contribution in [0.2, 0.25) is 0 Å². The summed E-state index contributed by atoms with van der Waals surface area (Å²) in [6.45, 7) is 2.30. The van der Waals surface area contributed by atoms with Gasteiger partial charge in [0, 0.05) is 0 Å². The molecule has 1 fully saturated rings. The predicted octanol–water partition coefficient (Wildman–Crippen LogP) is 2.05. The molecule has 1 heterocycles. The lowest BCUT2D eigenvalue weighted by Gasteiger charge is -2.04. The van der Waals surface area contributed by atoms with Gasteiger partial charge in [0.1, 0.15) is 12.7 Å². The van der Waals surface area contributed by atoms with Crippen molar-refractivity contribution in [1.29, 1.82) is 0 Å². The van der Waals surface area contributed by atoms with Crippen LogP contribution in [0, 0.1) is 0 Å². The third-order valence-corrected chi connectivity index (χ3v) is 2.46. The van der Waals surface area contributed by atoms with Gasteiger partial charge in [0.2, 0.25) is 0 Å². The van der Waals surface area contributed by atoms with Crippen LogP contribution in [0.4, 0.5) is 4.79 Å². The van der Waals surface area contributed by atoms with Gasteiger partial charge in [-0.05, 0) is 12.0 Å². The number of carbonyl (C=O) groups excluding carboxylic acids is 1. The van der Waals surface area contributed by atoms with E-state index >= 15 is 0 Å². The van der Waals surface area contributed by atoms with Crippen molar-refractivity contribution in [3.05, 3.63) is 35.9 Å². The average Bonchev–Trinajstić information content (AvgIpc) is 3.06. The average molecular weight is 221 g/mol. The van der Waals surface area contributed by atoms with Crippen molar-refractivity contribution >= 4 is 6.09 Å². The second kappa shape index (κ2) is 4.99. The van der Waals surface area contributed by atoms with Gasteiger partial charge in [0.05, 0.1) is 0 Å². The Morgan fingerprint density at radius 1 is 1.44 bits per heavy atom. The molecule has 16 heavy (non-hydrogen) atoms. The Bertz CT molecular complexity index is 353. The Morgan fingerprint density at radius 2 is 2.19 bits per heavy atom. The first-order chi connectivity index (χ1) is 7.79. The molecule has 0 aromatic heterocycles. The van der Waals surface area contributed by atoms with Crippen LogP contribution in [0.5, 0.6) is 0 Å². The first-order valence-electron chi connectivity index (χ1n) is 5.42. The van der Waals surface area contributed by atoms with E-state index in [0.717, 1.165) is 12.0 Å². The lowest BCUT2D eigenvalue weighted by atomic mass is 10.2. The predicted molar refractivity (Wildman–Crippen MR) is 58.7 cm³/mol. The third-order valence-electron chi connectivity index (χ3n) is 2.46. The molecule has 1 aliphatic heterocycles. The molecule has 1 N–H and O–H groups in total. The summed E-state index contributed by atoms with van der Waals surface area (Å²) >= 11 is 0. The standard InChI is InChI=1S/C12H15NO3/c1-2-10-11(16-10)13-12(14)15-8-9-6-4-3-5-7-9/h3-7,10-11H,2,8H2,1H3,(H,13,14)/t10-,11?/m0/s1. The van der Waals surface area contributed by atoms with Crippen molar-refractivity contribution in [2.45, 2.75) is 32.3 Å². The SMILES string of the molecule is CC[C@@H]1OC1NC(=O)OCc1ccccc1. The maximum Gasteiger partial charge on any atom is 0.409 e. The van der Waals surface area contributed by atoms with Gasteiger partial charge in [-0.1, -0.05) is 37.3 Å². The summed E-state index contributed by atoms with van der Waals surface area (Å²) in [6.07, 6.45) is 0.478. The van der Waals surface area contributed by atoms with Crippen LogP contribution in [-0.4, -0.2) is 18.4 Å². The Labute approximate surface area is 94.6 Å². The molecule has 1 aromatic rings. The first kappa shape index (κ1) is 11.0. The van der Waals surface area contributed by atoms with Gasteiger partial charge >= 0.3 is 6.09 Å². The second-order valence-electron chi connectivity index (χ2n) is 3.71. The molecule has 0 bridgehead atoms. The molecule has 0 aliphatic carbocycles. The number of benzene rings is 1. The molecule has 0 saturated carbocycles. The van der Waals surface area contributed by atoms with Gasteiger partial charge in [0.25, 0.3) is 0 Å². The molecule has 1 saturated heterocycles. The van der Waals surface area contributed by atoms with E-state index < -0.39 is 6.09 Å². The third kappa shape index (κ3) is 2.97. The topological polar surface area (TPSA) is 50.9 Å². The van der Waals surface area contributed by atoms with Crippen molar-refractivity contribution in [2.24, 2.45) is 0 Å². The highest BCUT2D eigenvalue weighted by atomic mass is 16.6. The van der Waals surface area contributed by atoms with Gasteiger partial charge in [-0.3, -0.25) is 5.32 Å². The summed E-state index contributed by atoms with van der Waals surface area (Å²) in [6, 6.07) is 9.57. The minimum Gasteiger partial charge on any atom is -0.445 e. The number of epoxide rings is 1. The van der Waals surface area contributed by atoms with E-state index in [0.29, 0.717) is 0 Å². The summed E-state index contributed by atoms with van der Waals surface area (Å²) in [5.74, 6) is 0. The summed E-state index contributed by atoms with van der Waals surface area (Å²) in [7, 11) is 0. The maximum absolute atomic E-state index is 11.3. The Balaban J connectivity index is 1.69. The van der Waals surface area contributed by atoms with E-state index in [1.54, 1.807) is 0 Å². The molecular weight excluding hydrogens is 206 g/mol. The zero-order valence-corrected chi connectivity index (χ0v) is 9.18. The zero-order chi connectivity index (χ0) is 11.4. The van der Waals surface area contributed by atoms with E-state index in [1.165, 1.54) is 0 Å². The quantitative estimate of drug-likeness (QED) is 0.791. The monoisotopic (exact) mass is 221 g/mol. The van der Waals surface area contributed by atoms with Gasteiger partial charge in [-0.15, -0.1) is 0 Å². The Morgan fingerprint density at radius 3 is 2.81 bits per heavy atom. The van der Waals surface area contributed by atoms with E-state index in [9.17, 15) is 4.79 Å². The number of rotatable bonds is 4. The number of alkyl carbamates (subject to hydrolysis) is 1. The van der Waals surface area contributed by atoms with E-state index in [1.807, 2.05) is 37.3 Å². The molecule has 4 nitrogen and oxygen atoms in total. The Hall–Kier alpha value is -1.55. The normalized spacial score (nSPS) is 22.6. The van der Waals surface area contributed by atoms with Gasteiger partial charge < -0.3 is 9.47 Å². The zero-order valence-electron chi connectivity index (χ0n) is 9.18. The smallest absolute Gasteiger partial charge is 0.409 e. The molecule has 1 aliphatic rings. The molecule has 1 amide bonds. The van der Waals surface area contributed by atoms with Gasteiger partial charge in [-0.2, -0.15) is 0 Å². The molecule has 1 unspecified atom stereocenters. The van der Waals surface area contributed by atoms with Crippen molar-refractivity contribution in [2.75, 3.05) is 0 Å². The lowest BCUT2D eigenvalue weighted by Crippen LogP contribution is -2.28.